The molecule has 100 valence electrons. The molecule has 0 aromatic heterocycles. The molecule has 5 heteroatoms. The van der Waals surface area contributed by atoms with Crippen LogP contribution in [0.1, 0.15) is 11.1 Å². The van der Waals surface area contributed by atoms with Crippen LogP contribution in [0.3, 0.4) is 0 Å². The molecule has 0 heterocycles. The predicted octanol–water partition coefficient (Wildman–Crippen LogP) is 5.56. The smallest absolute Gasteiger partial charge is 0.138 e. The Balaban J connectivity index is 2.12. The minimum atomic E-state index is -0.309. The minimum absolute atomic E-state index is 0.116. The molecule has 0 spiro atoms. The molecule has 0 aliphatic carbocycles. The highest BCUT2D eigenvalue weighted by atomic mass is 79.9. The Morgan fingerprint density at radius 1 is 1.16 bits per heavy atom. The highest BCUT2D eigenvalue weighted by Gasteiger charge is 2.07. The van der Waals surface area contributed by atoms with Crippen molar-refractivity contribution >= 4 is 39.1 Å². The number of halogens is 4. The van der Waals surface area contributed by atoms with Gasteiger partial charge in [-0.3, -0.25) is 0 Å². The maximum absolute atomic E-state index is 13.5. The third-order valence-corrected chi connectivity index (χ3v) is 3.64. The summed E-state index contributed by atoms with van der Waals surface area (Å²) < 4.78 is 19.9. The third-order valence-electron chi connectivity index (χ3n) is 2.54. The van der Waals surface area contributed by atoms with Crippen LogP contribution in [0.15, 0.2) is 40.9 Å². The van der Waals surface area contributed by atoms with Gasteiger partial charge in [0.15, 0.2) is 0 Å². The normalized spacial score (nSPS) is 10.5. The van der Waals surface area contributed by atoms with Crippen LogP contribution in [0.25, 0.3) is 0 Å². The average molecular weight is 364 g/mol. The summed E-state index contributed by atoms with van der Waals surface area (Å²) in [5, 5.41) is 0.466. The highest BCUT2D eigenvalue weighted by molar-refractivity contribution is 9.10. The molecule has 0 amide bonds. The molecule has 2 rings (SSSR count). The molecule has 0 bridgehead atoms. The van der Waals surface area contributed by atoms with Crippen molar-refractivity contribution in [1.29, 1.82) is 0 Å². The largest absolute Gasteiger partial charge is 0.487 e. The summed E-state index contributed by atoms with van der Waals surface area (Å²) in [6, 6.07) is 10.0. The van der Waals surface area contributed by atoms with Gasteiger partial charge in [-0.25, -0.2) is 4.39 Å². The van der Waals surface area contributed by atoms with Gasteiger partial charge in [0.25, 0.3) is 0 Å². The van der Waals surface area contributed by atoms with Gasteiger partial charge in [0.1, 0.15) is 18.2 Å². The van der Waals surface area contributed by atoms with Gasteiger partial charge < -0.3 is 4.74 Å². The molecule has 0 atom stereocenters. The Morgan fingerprint density at radius 2 is 1.95 bits per heavy atom. The Kier molecular flexibility index (Phi) is 5.08. The molecule has 19 heavy (non-hydrogen) atoms. The third kappa shape index (κ3) is 3.85. The maximum Gasteiger partial charge on any atom is 0.138 e. The van der Waals surface area contributed by atoms with E-state index in [1.807, 2.05) is 6.07 Å². The van der Waals surface area contributed by atoms with Gasteiger partial charge >= 0.3 is 0 Å². The van der Waals surface area contributed by atoms with Crippen LogP contribution in [0.4, 0.5) is 4.39 Å². The fourth-order valence-electron chi connectivity index (χ4n) is 1.55. The van der Waals surface area contributed by atoms with Crippen molar-refractivity contribution in [2.24, 2.45) is 0 Å². The second-order valence-corrected chi connectivity index (χ2v) is 5.51. The van der Waals surface area contributed by atoms with Crippen molar-refractivity contribution in [2.75, 3.05) is 0 Å². The molecule has 2 aromatic carbocycles. The minimum Gasteiger partial charge on any atom is -0.487 e. The van der Waals surface area contributed by atoms with Crippen molar-refractivity contribution in [3.8, 4) is 5.75 Å². The number of hydrogen-bond donors (Lipinski definition) is 0. The SMILES string of the molecule is Fc1ccc(Br)cc1COc1ccc(CCl)cc1Cl. The predicted molar refractivity (Wildman–Crippen MR) is 79.4 cm³/mol. The van der Waals surface area contributed by atoms with Crippen LogP contribution < -0.4 is 4.74 Å². The fraction of sp³-hybridized carbons (Fsp3) is 0.143. The second kappa shape index (κ2) is 6.60. The average Bonchev–Trinajstić information content (AvgIpc) is 2.40. The van der Waals surface area contributed by atoms with Gasteiger partial charge in [-0.15, -0.1) is 11.6 Å². The van der Waals surface area contributed by atoms with E-state index in [1.165, 1.54) is 6.07 Å². The number of alkyl halides is 1. The van der Waals surface area contributed by atoms with Gasteiger partial charge in [0, 0.05) is 15.9 Å². The van der Waals surface area contributed by atoms with E-state index in [-0.39, 0.29) is 12.4 Å². The standard InChI is InChI=1S/C14H10BrCl2FO/c15-11-2-3-13(18)10(6-11)8-19-14-4-1-9(7-16)5-12(14)17/h1-6H,7-8H2. The number of hydrogen-bond acceptors (Lipinski definition) is 1. The zero-order valence-electron chi connectivity index (χ0n) is 9.80. The lowest BCUT2D eigenvalue weighted by Crippen LogP contribution is -1.99. The van der Waals surface area contributed by atoms with Crippen LogP contribution in [0.5, 0.6) is 5.75 Å². The highest BCUT2D eigenvalue weighted by Crippen LogP contribution is 2.27. The Bertz CT molecular complexity index is 590. The van der Waals surface area contributed by atoms with E-state index >= 15 is 0 Å². The van der Waals surface area contributed by atoms with E-state index < -0.39 is 0 Å². The monoisotopic (exact) mass is 362 g/mol. The zero-order chi connectivity index (χ0) is 13.8. The molecule has 2 aromatic rings. The quantitative estimate of drug-likeness (QED) is 0.646. The molecule has 0 N–H and O–H groups in total. The summed E-state index contributed by atoms with van der Waals surface area (Å²) in [4.78, 5) is 0. The molecule has 0 unspecified atom stereocenters. The van der Waals surface area contributed by atoms with Gasteiger partial charge in [0.2, 0.25) is 0 Å². The molecule has 0 aliphatic rings. The van der Waals surface area contributed by atoms with Crippen molar-refractivity contribution in [3.63, 3.8) is 0 Å². The summed E-state index contributed by atoms with van der Waals surface area (Å²) in [6.07, 6.45) is 0. The topological polar surface area (TPSA) is 9.23 Å². The number of rotatable bonds is 4. The molecule has 1 nitrogen and oxygen atoms in total. The molecule has 0 saturated heterocycles. The molecular weight excluding hydrogens is 354 g/mol. The van der Waals surface area contributed by atoms with Crippen molar-refractivity contribution < 1.29 is 9.13 Å². The van der Waals surface area contributed by atoms with Crippen molar-refractivity contribution in [1.82, 2.24) is 0 Å². The molecular formula is C14H10BrCl2FO. The van der Waals surface area contributed by atoms with Crippen LogP contribution in [0.2, 0.25) is 5.02 Å². The Labute approximate surface area is 129 Å². The first kappa shape index (κ1) is 14.6. The first-order valence-electron chi connectivity index (χ1n) is 5.51. The Morgan fingerprint density at radius 3 is 2.63 bits per heavy atom. The van der Waals surface area contributed by atoms with E-state index in [0.29, 0.717) is 22.2 Å². The molecule has 0 aliphatic heterocycles. The summed E-state index contributed by atoms with van der Waals surface area (Å²) in [7, 11) is 0. The number of benzene rings is 2. The second-order valence-electron chi connectivity index (χ2n) is 3.92. The lowest BCUT2D eigenvalue weighted by Gasteiger charge is -2.10. The van der Waals surface area contributed by atoms with Gasteiger partial charge in [0.05, 0.1) is 5.02 Å². The summed E-state index contributed by atoms with van der Waals surface area (Å²) in [5.74, 6) is 0.590. The molecule has 0 radical (unpaired) electrons. The lowest BCUT2D eigenvalue weighted by molar-refractivity contribution is 0.300. The van der Waals surface area contributed by atoms with E-state index in [0.717, 1.165) is 10.0 Å². The summed E-state index contributed by atoms with van der Waals surface area (Å²) in [6.45, 7) is 0.116. The van der Waals surface area contributed by atoms with Crippen LogP contribution in [-0.2, 0) is 12.5 Å². The zero-order valence-corrected chi connectivity index (χ0v) is 12.9. The summed E-state index contributed by atoms with van der Waals surface area (Å²) >= 11 is 15.1. The van der Waals surface area contributed by atoms with Gasteiger partial charge in [-0.05, 0) is 35.9 Å². The van der Waals surface area contributed by atoms with Crippen LogP contribution in [0, 0.1) is 5.82 Å². The number of ether oxygens (including phenoxy) is 1. The van der Waals surface area contributed by atoms with E-state index in [2.05, 4.69) is 15.9 Å². The maximum atomic E-state index is 13.5. The van der Waals surface area contributed by atoms with E-state index in [1.54, 1.807) is 24.3 Å². The van der Waals surface area contributed by atoms with Crippen LogP contribution >= 0.6 is 39.1 Å². The van der Waals surface area contributed by atoms with Crippen molar-refractivity contribution in [2.45, 2.75) is 12.5 Å². The lowest BCUT2D eigenvalue weighted by atomic mass is 10.2. The van der Waals surface area contributed by atoms with Crippen LogP contribution in [-0.4, -0.2) is 0 Å². The summed E-state index contributed by atoms with van der Waals surface area (Å²) in [5.41, 5.74) is 1.37. The van der Waals surface area contributed by atoms with Gasteiger partial charge in [-0.2, -0.15) is 0 Å². The Hall–Kier alpha value is -0.770. The van der Waals surface area contributed by atoms with Gasteiger partial charge in [-0.1, -0.05) is 33.6 Å². The molecule has 0 saturated carbocycles. The first-order chi connectivity index (χ1) is 9.10. The van der Waals surface area contributed by atoms with E-state index in [9.17, 15) is 4.39 Å². The fourth-order valence-corrected chi connectivity index (χ4v) is 2.39. The van der Waals surface area contributed by atoms with Crippen molar-refractivity contribution in [3.05, 3.63) is 62.8 Å². The molecule has 0 fully saturated rings. The van der Waals surface area contributed by atoms with E-state index in [4.69, 9.17) is 27.9 Å². The first-order valence-corrected chi connectivity index (χ1v) is 7.22.